The number of esters is 2. The van der Waals surface area contributed by atoms with Crippen LogP contribution in [0.25, 0.3) is 0 Å². The fourth-order valence-corrected chi connectivity index (χ4v) is 5.83. The summed E-state index contributed by atoms with van der Waals surface area (Å²) in [5.74, 6) is -0.879. The van der Waals surface area contributed by atoms with Crippen LogP contribution in [-0.4, -0.2) is 49.3 Å². The molecule has 3 N–H and O–H groups in total. The number of phosphoric ester groups is 1. The Bertz CT molecular complexity index is 907. The van der Waals surface area contributed by atoms with Gasteiger partial charge in [-0.05, 0) is 70.6 Å². The molecule has 0 aromatic rings. The SMILES string of the molecule is CCCCCC/C=C/CCCCCCCC(=O)OC[C@H](COP(=O)(O)OCCN)OC(=O)CCCC/C=C/C/C=C/CCCCCCCC. The summed E-state index contributed by atoms with van der Waals surface area (Å²) >= 11 is 0. The van der Waals surface area contributed by atoms with Crippen molar-refractivity contribution in [3.63, 3.8) is 0 Å². The van der Waals surface area contributed by atoms with E-state index in [9.17, 15) is 19.0 Å². The van der Waals surface area contributed by atoms with Gasteiger partial charge in [-0.2, -0.15) is 0 Å². The highest BCUT2D eigenvalue weighted by Gasteiger charge is 2.25. The van der Waals surface area contributed by atoms with Crippen LogP contribution in [0.3, 0.4) is 0 Å². The summed E-state index contributed by atoms with van der Waals surface area (Å²) in [5.41, 5.74) is 5.33. The predicted molar refractivity (Wildman–Crippen MR) is 201 cm³/mol. The summed E-state index contributed by atoms with van der Waals surface area (Å²) in [4.78, 5) is 34.7. The van der Waals surface area contributed by atoms with E-state index in [1.165, 1.54) is 70.6 Å². The molecule has 0 aliphatic rings. The minimum atomic E-state index is -4.38. The van der Waals surface area contributed by atoms with E-state index < -0.39 is 32.5 Å². The van der Waals surface area contributed by atoms with Crippen molar-refractivity contribution >= 4 is 19.8 Å². The second-order valence-corrected chi connectivity index (χ2v) is 14.2. The molecule has 2 atom stereocenters. The van der Waals surface area contributed by atoms with Crippen LogP contribution in [0, 0.1) is 0 Å². The zero-order valence-corrected chi connectivity index (χ0v) is 32.1. The number of nitrogens with two attached hydrogens (primary N) is 1. The summed E-state index contributed by atoms with van der Waals surface area (Å²) in [5, 5.41) is 0. The maximum atomic E-state index is 12.5. The standard InChI is InChI=1S/C39H72NO8P/c1-3-5-7-9-11-13-15-17-18-20-22-24-26-28-30-32-39(42)48-37(36-47-49(43,44)46-34-33-40)35-45-38(41)31-29-27-25-23-21-19-16-14-12-10-8-6-4-2/h14,16-18,22,24,37H,3-13,15,19-21,23,25-36,40H2,1-2H3,(H,43,44)/b16-14+,18-17+,24-22+/t37-/m1/s1. The Kier molecular flexibility index (Phi) is 34.7. The third-order valence-corrected chi connectivity index (χ3v) is 8.98. The van der Waals surface area contributed by atoms with Gasteiger partial charge in [-0.1, -0.05) is 121 Å². The highest BCUT2D eigenvalue weighted by molar-refractivity contribution is 7.47. The van der Waals surface area contributed by atoms with Crippen molar-refractivity contribution in [2.24, 2.45) is 5.73 Å². The quantitative estimate of drug-likeness (QED) is 0.0281. The smallest absolute Gasteiger partial charge is 0.462 e. The fourth-order valence-electron chi connectivity index (χ4n) is 5.07. The van der Waals surface area contributed by atoms with Gasteiger partial charge in [-0.15, -0.1) is 0 Å². The molecular weight excluding hydrogens is 641 g/mol. The van der Waals surface area contributed by atoms with E-state index in [0.717, 1.165) is 64.2 Å². The monoisotopic (exact) mass is 713 g/mol. The van der Waals surface area contributed by atoms with Crippen LogP contribution < -0.4 is 5.73 Å². The number of ether oxygens (including phenoxy) is 2. The van der Waals surface area contributed by atoms with E-state index in [1.807, 2.05) is 0 Å². The third kappa shape index (κ3) is 35.8. The molecule has 0 aromatic carbocycles. The van der Waals surface area contributed by atoms with Gasteiger partial charge in [0, 0.05) is 19.4 Å². The number of phosphoric acid groups is 1. The summed E-state index contributed by atoms with van der Waals surface area (Å²) in [6, 6.07) is 0. The van der Waals surface area contributed by atoms with Gasteiger partial charge in [0.25, 0.3) is 0 Å². The lowest BCUT2D eigenvalue weighted by Crippen LogP contribution is -2.29. The van der Waals surface area contributed by atoms with Crippen LogP contribution in [0.1, 0.15) is 168 Å². The fraction of sp³-hybridized carbons (Fsp3) is 0.795. The number of hydrogen-bond donors (Lipinski definition) is 2. The first-order chi connectivity index (χ1) is 23.8. The normalized spacial score (nSPS) is 13.8. The van der Waals surface area contributed by atoms with Crippen LogP contribution in [-0.2, 0) is 32.7 Å². The number of allylic oxidation sites excluding steroid dienone is 6. The minimum Gasteiger partial charge on any atom is -0.462 e. The van der Waals surface area contributed by atoms with Crippen molar-refractivity contribution in [3.8, 4) is 0 Å². The van der Waals surface area contributed by atoms with Crippen molar-refractivity contribution in [2.45, 2.75) is 174 Å². The van der Waals surface area contributed by atoms with E-state index in [2.05, 4.69) is 50.3 Å². The minimum absolute atomic E-state index is 0.0469. The summed E-state index contributed by atoms with van der Waals surface area (Å²) in [6.45, 7) is 3.65. The third-order valence-electron chi connectivity index (χ3n) is 8.00. The van der Waals surface area contributed by atoms with E-state index in [0.29, 0.717) is 6.42 Å². The second kappa shape index (κ2) is 36.0. The maximum Gasteiger partial charge on any atom is 0.472 e. The summed E-state index contributed by atoms with van der Waals surface area (Å²) in [7, 11) is -4.38. The van der Waals surface area contributed by atoms with Crippen molar-refractivity contribution in [1.29, 1.82) is 0 Å². The van der Waals surface area contributed by atoms with Crippen LogP contribution in [0.5, 0.6) is 0 Å². The molecule has 286 valence electrons. The van der Waals surface area contributed by atoms with Crippen molar-refractivity contribution < 1.29 is 37.6 Å². The van der Waals surface area contributed by atoms with Crippen molar-refractivity contribution in [1.82, 2.24) is 0 Å². The van der Waals surface area contributed by atoms with Gasteiger partial charge < -0.3 is 20.1 Å². The number of carbonyl (C=O) groups excluding carboxylic acids is 2. The molecule has 0 aliphatic carbocycles. The van der Waals surface area contributed by atoms with E-state index in [1.54, 1.807) is 0 Å². The average molecular weight is 714 g/mol. The lowest BCUT2D eigenvalue weighted by atomic mass is 10.1. The van der Waals surface area contributed by atoms with E-state index >= 15 is 0 Å². The van der Waals surface area contributed by atoms with Gasteiger partial charge in [0.1, 0.15) is 6.61 Å². The van der Waals surface area contributed by atoms with Crippen LogP contribution in [0.4, 0.5) is 0 Å². The van der Waals surface area contributed by atoms with Crippen molar-refractivity contribution in [3.05, 3.63) is 36.5 Å². The summed E-state index contributed by atoms with van der Waals surface area (Å²) in [6.07, 6.45) is 37.5. The second-order valence-electron chi connectivity index (χ2n) is 12.8. The first-order valence-corrected chi connectivity index (χ1v) is 21.0. The molecule has 0 aromatic heterocycles. The molecule has 9 nitrogen and oxygen atoms in total. The van der Waals surface area contributed by atoms with Crippen LogP contribution >= 0.6 is 7.82 Å². The molecule has 0 radical (unpaired) electrons. The molecule has 0 saturated heterocycles. The van der Waals surface area contributed by atoms with Gasteiger partial charge >= 0.3 is 19.8 Å². The highest BCUT2D eigenvalue weighted by atomic mass is 31.2. The Morgan fingerprint density at radius 1 is 0.612 bits per heavy atom. The van der Waals surface area contributed by atoms with Gasteiger partial charge in [-0.25, -0.2) is 4.57 Å². The van der Waals surface area contributed by atoms with Gasteiger partial charge in [0.05, 0.1) is 13.2 Å². The molecular formula is C39H72NO8P. The molecule has 0 saturated carbocycles. The number of unbranched alkanes of at least 4 members (excludes halogenated alkanes) is 17. The number of hydrogen-bond acceptors (Lipinski definition) is 8. The molecule has 0 bridgehead atoms. The molecule has 10 heteroatoms. The van der Waals surface area contributed by atoms with E-state index in [-0.39, 0.29) is 32.6 Å². The lowest BCUT2D eigenvalue weighted by molar-refractivity contribution is -0.161. The van der Waals surface area contributed by atoms with Gasteiger partial charge in [0.2, 0.25) is 0 Å². The number of carbonyl (C=O) groups is 2. The Hall–Kier alpha value is -1.77. The lowest BCUT2D eigenvalue weighted by Gasteiger charge is -2.19. The topological polar surface area (TPSA) is 134 Å². The first-order valence-electron chi connectivity index (χ1n) is 19.5. The van der Waals surface area contributed by atoms with Crippen LogP contribution in [0.15, 0.2) is 36.5 Å². The molecule has 0 spiro atoms. The highest BCUT2D eigenvalue weighted by Crippen LogP contribution is 2.43. The van der Waals surface area contributed by atoms with Crippen LogP contribution in [0.2, 0.25) is 0 Å². The first kappa shape index (κ1) is 47.2. The Morgan fingerprint density at radius 3 is 1.63 bits per heavy atom. The van der Waals surface area contributed by atoms with Crippen molar-refractivity contribution in [2.75, 3.05) is 26.4 Å². The van der Waals surface area contributed by atoms with Gasteiger partial charge in [0.15, 0.2) is 6.10 Å². The number of rotatable bonds is 36. The zero-order chi connectivity index (χ0) is 36.1. The predicted octanol–water partition coefficient (Wildman–Crippen LogP) is 10.6. The molecule has 0 rings (SSSR count). The Morgan fingerprint density at radius 2 is 1.06 bits per heavy atom. The molecule has 49 heavy (non-hydrogen) atoms. The van der Waals surface area contributed by atoms with Gasteiger partial charge in [-0.3, -0.25) is 18.6 Å². The average Bonchev–Trinajstić information content (AvgIpc) is 3.08. The largest absolute Gasteiger partial charge is 0.472 e. The molecule has 0 fully saturated rings. The maximum absolute atomic E-state index is 12.5. The molecule has 0 aliphatic heterocycles. The molecule has 0 amide bonds. The molecule has 1 unspecified atom stereocenters. The Labute approximate surface area is 299 Å². The summed E-state index contributed by atoms with van der Waals surface area (Å²) < 4.78 is 32.6. The zero-order valence-electron chi connectivity index (χ0n) is 31.2. The Balaban J connectivity index is 4.29. The molecule has 0 heterocycles. The van der Waals surface area contributed by atoms with E-state index in [4.69, 9.17) is 24.3 Å².